The van der Waals surface area contributed by atoms with E-state index in [1.54, 1.807) is 12.1 Å². The Bertz CT molecular complexity index is 580. The van der Waals surface area contributed by atoms with E-state index in [1.807, 2.05) is 24.3 Å². The Morgan fingerprint density at radius 2 is 1.94 bits per heavy atom. The van der Waals surface area contributed by atoms with Crippen LogP contribution in [0.5, 0.6) is 5.75 Å². The zero-order valence-electron chi connectivity index (χ0n) is 10.1. The van der Waals surface area contributed by atoms with Crippen LogP contribution in [0.15, 0.2) is 36.4 Å². The Morgan fingerprint density at radius 3 is 2.67 bits per heavy atom. The molecule has 0 heterocycles. The predicted molar refractivity (Wildman–Crippen MR) is 69.2 cm³/mol. The molecule has 0 bridgehead atoms. The molecular formula is C14H15NO3. The first-order chi connectivity index (χ1) is 8.60. The van der Waals surface area contributed by atoms with Crippen LogP contribution < -0.4 is 5.73 Å². The van der Waals surface area contributed by atoms with E-state index in [0.717, 1.165) is 16.3 Å². The quantitative estimate of drug-likeness (QED) is 0.812. The summed E-state index contributed by atoms with van der Waals surface area (Å²) in [4.78, 5) is 11.2. The van der Waals surface area contributed by atoms with Gasteiger partial charge in [-0.3, -0.25) is 4.79 Å². The Morgan fingerprint density at radius 1 is 1.28 bits per heavy atom. The summed E-state index contributed by atoms with van der Waals surface area (Å²) in [6.07, 6.45) is 0.153. The van der Waals surface area contributed by atoms with Crippen LogP contribution in [0.1, 0.15) is 18.0 Å². The number of phenolic OH excluding ortho intramolecular Hbond substituents is 1. The van der Waals surface area contributed by atoms with Gasteiger partial charge in [-0.1, -0.05) is 18.2 Å². The van der Waals surface area contributed by atoms with Crippen LogP contribution in [0, 0.1) is 0 Å². The average molecular weight is 245 g/mol. The molecule has 0 amide bonds. The zero-order chi connectivity index (χ0) is 13.1. The number of nitrogens with two attached hydrogens (primary N) is 1. The fraction of sp³-hybridized carbons (Fsp3) is 0.214. The van der Waals surface area contributed by atoms with Crippen molar-refractivity contribution in [1.29, 1.82) is 0 Å². The number of methoxy groups -OCH3 is 1. The van der Waals surface area contributed by atoms with Crippen LogP contribution in [0.3, 0.4) is 0 Å². The number of fused-ring (bicyclic) bond motifs is 1. The molecule has 0 unspecified atom stereocenters. The highest BCUT2D eigenvalue weighted by Gasteiger charge is 2.12. The molecule has 0 aliphatic carbocycles. The Hall–Kier alpha value is -2.07. The first kappa shape index (κ1) is 12.4. The van der Waals surface area contributed by atoms with Gasteiger partial charge in [-0.15, -0.1) is 0 Å². The Balaban J connectivity index is 2.29. The van der Waals surface area contributed by atoms with Gasteiger partial charge in [0.1, 0.15) is 5.75 Å². The van der Waals surface area contributed by atoms with Crippen molar-refractivity contribution in [2.45, 2.75) is 12.5 Å². The normalized spacial score (nSPS) is 12.3. The second-order valence-corrected chi connectivity index (χ2v) is 4.18. The smallest absolute Gasteiger partial charge is 0.307 e. The molecule has 0 aliphatic rings. The minimum absolute atomic E-state index is 0.153. The minimum Gasteiger partial charge on any atom is -0.508 e. The number of carbonyl (C=O) groups excluding carboxylic acids is 1. The monoisotopic (exact) mass is 245 g/mol. The number of carbonyl (C=O) groups is 1. The summed E-state index contributed by atoms with van der Waals surface area (Å²) in [7, 11) is 1.35. The maximum atomic E-state index is 11.2. The lowest BCUT2D eigenvalue weighted by atomic mass is 10.0. The van der Waals surface area contributed by atoms with Gasteiger partial charge in [0.25, 0.3) is 0 Å². The molecular weight excluding hydrogens is 230 g/mol. The molecule has 4 heteroatoms. The summed E-state index contributed by atoms with van der Waals surface area (Å²) in [6, 6.07) is 10.4. The fourth-order valence-corrected chi connectivity index (χ4v) is 1.86. The van der Waals surface area contributed by atoms with E-state index in [1.165, 1.54) is 7.11 Å². The van der Waals surface area contributed by atoms with Gasteiger partial charge in [-0.25, -0.2) is 0 Å². The van der Waals surface area contributed by atoms with Crippen molar-refractivity contribution in [3.8, 4) is 5.75 Å². The van der Waals surface area contributed by atoms with Crippen molar-refractivity contribution >= 4 is 16.7 Å². The maximum absolute atomic E-state index is 11.2. The maximum Gasteiger partial charge on any atom is 0.307 e. The highest BCUT2D eigenvalue weighted by molar-refractivity contribution is 5.84. The molecule has 0 radical (unpaired) electrons. The molecule has 2 aromatic carbocycles. The van der Waals surface area contributed by atoms with Crippen LogP contribution in [0.25, 0.3) is 10.8 Å². The average Bonchev–Trinajstić information content (AvgIpc) is 2.37. The largest absolute Gasteiger partial charge is 0.508 e. The zero-order valence-corrected chi connectivity index (χ0v) is 10.1. The molecule has 0 aliphatic heterocycles. The molecule has 0 saturated carbocycles. The summed E-state index contributed by atoms with van der Waals surface area (Å²) in [5.74, 6) is -0.0950. The van der Waals surface area contributed by atoms with Gasteiger partial charge in [0.05, 0.1) is 13.5 Å². The molecule has 0 fully saturated rings. The van der Waals surface area contributed by atoms with Crippen molar-refractivity contribution < 1.29 is 14.6 Å². The van der Waals surface area contributed by atoms with Gasteiger partial charge < -0.3 is 15.6 Å². The van der Waals surface area contributed by atoms with E-state index in [9.17, 15) is 9.90 Å². The highest BCUT2D eigenvalue weighted by atomic mass is 16.5. The van der Waals surface area contributed by atoms with Crippen molar-refractivity contribution in [3.05, 3.63) is 42.0 Å². The predicted octanol–water partition coefficient (Wildman–Crippen LogP) is 2.11. The van der Waals surface area contributed by atoms with Gasteiger partial charge in [0.15, 0.2) is 0 Å². The number of hydrogen-bond acceptors (Lipinski definition) is 4. The van der Waals surface area contributed by atoms with Crippen molar-refractivity contribution in [2.75, 3.05) is 7.11 Å². The first-order valence-electron chi connectivity index (χ1n) is 5.65. The van der Waals surface area contributed by atoms with E-state index < -0.39 is 0 Å². The lowest BCUT2D eigenvalue weighted by Crippen LogP contribution is -2.16. The van der Waals surface area contributed by atoms with Gasteiger partial charge >= 0.3 is 5.97 Å². The molecule has 2 aromatic rings. The number of hydrogen-bond donors (Lipinski definition) is 2. The Kier molecular flexibility index (Phi) is 3.48. The molecule has 0 aromatic heterocycles. The van der Waals surface area contributed by atoms with Crippen molar-refractivity contribution in [1.82, 2.24) is 0 Å². The van der Waals surface area contributed by atoms with E-state index in [4.69, 9.17) is 5.73 Å². The molecule has 18 heavy (non-hydrogen) atoms. The first-order valence-corrected chi connectivity index (χ1v) is 5.65. The fourth-order valence-electron chi connectivity index (χ4n) is 1.86. The summed E-state index contributed by atoms with van der Waals surface area (Å²) in [5.41, 5.74) is 6.82. The second kappa shape index (κ2) is 5.06. The molecule has 1 atom stereocenters. The molecule has 0 saturated heterocycles. The Labute approximate surface area is 105 Å². The van der Waals surface area contributed by atoms with Gasteiger partial charge in [-0.2, -0.15) is 0 Å². The minimum atomic E-state index is -0.379. The van der Waals surface area contributed by atoms with Crippen LogP contribution in [0.4, 0.5) is 0 Å². The molecule has 2 rings (SSSR count). The van der Waals surface area contributed by atoms with E-state index >= 15 is 0 Å². The summed E-state index contributed by atoms with van der Waals surface area (Å²) >= 11 is 0. The molecule has 94 valence electrons. The number of rotatable bonds is 3. The molecule has 3 N–H and O–H groups in total. The van der Waals surface area contributed by atoms with E-state index in [-0.39, 0.29) is 24.2 Å². The summed E-state index contributed by atoms with van der Waals surface area (Å²) in [5, 5.41) is 11.3. The third kappa shape index (κ3) is 2.60. The van der Waals surface area contributed by atoms with E-state index in [0.29, 0.717) is 0 Å². The summed E-state index contributed by atoms with van der Waals surface area (Å²) < 4.78 is 4.59. The number of ether oxygens (including phenoxy) is 1. The van der Waals surface area contributed by atoms with Crippen LogP contribution in [0.2, 0.25) is 0 Å². The van der Waals surface area contributed by atoms with Crippen molar-refractivity contribution in [3.63, 3.8) is 0 Å². The van der Waals surface area contributed by atoms with Crippen LogP contribution >= 0.6 is 0 Å². The van der Waals surface area contributed by atoms with E-state index in [2.05, 4.69) is 4.74 Å². The lowest BCUT2D eigenvalue weighted by molar-refractivity contribution is -0.141. The van der Waals surface area contributed by atoms with Gasteiger partial charge in [0.2, 0.25) is 0 Å². The SMILES string of the molecule is COC(=O)C[C@@H](N)c1ccc2cc(O)ccc2c1. The second-order valence-electron chi connectivity index (χ2n) is 4.18. The summed E-state index contributed by atoms with van der Waals surface area (Å²) in [6.45, 7) is 0. The third-order valence-corrected chi connectivity index (χ3v) is 2.89. The van der Waals surface area contributed by atoms with Crippen molar-refractivity contribution in [2.24, 2.45) is 5.73 Å². The van der Waals surface area contributed by atoms with Crippen LogP contribution in [-0.4, -0.2) is 18.2 Å². The van der Waals surface area contributed by atoms with Crippen LogP contribution in [-0.2, 0) is 9.53 Å². The standard InChI is InChI=1S/C14H15NO3/c1-18-14(17)8-13(15)11-3-2-10-7-12(16)5-4-9(10)6-11/h2-7,13,16H,8,15H2,1H3/t13-/m1/s1. The number of aromatic hydroxyl groups is 1. The molecule has 0 spiro atoms. The topological polar surface area (TPSA) is 72.5 Å². The van der Waals surface area contributed by atoms with Gasteiger partial charge in [-0.05, 0) is 34.5 Å². The number of phenols is 1. The van der Waals surface area contributed by atoms with Gasteiger partial charge in [0, 0.05) is 6.04 Å². The number of benzene rings is 2. The number of esters is 1. The molecule has 4 nitrogen and oxygen atoms in total. The third-order valence-electron chi connectivity index (χ3n) is 2.89. The lowest BCUT2D eigenvalue weighted by Gasteiger charge is -2.11. The highest BCUT2D eigenvalue weighted by Crippen LogP contribution is 2.24.